The molecule has 36 valence electrons. The first-order valence-corrected chi connectivity index (χ1v) is 0. The molecule has 4 heteroatoms. The van der Waals surface area contributed by atoms with Gasteiger partial charge in [0.2, 0.25) is 0 Å². The minimum absolute atomic E-state index is 0. The zero-order valence-corrected chi connectivity index (χ0v) is 8.96. The van der Waals surface area contributed by atoms with Gasteiger partial charge in [-0.25, -0.2) is 0 Å². The molecule has 0 aromatic carbocycles. The van der Waals surface area contributed by atoms with Crippen LogP contribution in [0.15, 0.2) is 0 Å². The van der Waals surface area contributed by atoms with Crippen LogP contribution in [-0.2, 0) is 76.4 Å². The van der Waals surface area contributed by atoms with Crippen molar-refractivity contribution in [3.8, 4) is 0 Å². The van der Waals surface area contributed by atoms with E-state index in [0.717, 1.165) is 0 Å². The maximum atomic E-state index is 0. The van der Waals surface area contributed by atoms with E-state index in [1.807, 2.05) is 0 Å². The fraction of sp³-hybridized carbons (Fsp3) is 0. The molecule has 0 spiro atoms. The molecule has 0 unspecified atom stereocenters. The average Bonchev–Trinajstić information content (AvgIpc) is 0. The molecular weight excluding hydrogens is 547 g/mol. The molecule has 0 atom stereocenters. The van der Waals surface area contributed by atoms with Crippen molar-refractivity contribution in [3.63, 3.8) is 0 Å². The van der Waals surface area contributed by atoms with Crippen molar-refractivity contribution in [1.82, 2.24) is 0 Å². The summed E-state index contributed by atoms with van der Waals surface area (Å²) in [6, 6.07) is 0. The molecule has 4 heavy (non-hydrogen) atoms. The van der Waals surface area contributed by atoms with Crippen LogP contribution in [0, 0.1) is 0 Å². The van der Waals surface area contributed by atoms with Crippen molar-refractivity contribution in [2.45, 2.75) is 0 Å². The monoisotopic (exact) mass is 550 g/mol. The Morgan fingerprint density at radius 3 is 1.00 bits per heavy atom. The fourth-order valence-corrected chi connectivity index (χ4v) is 0. The predicted molar refractivity (Wildman–Crippen MR) is 0 cm³/mol. The second kappa shape index (κ2) is 18.1. The molecule has 0 rings (SSSR count). The van der Waals surface area contributed by atoms with E-state index in [9.17, 15) is 0 Å². The molecule has 0 amide bonds. The standard InChI is InChI=1S/Cu.Ir.Os.Ru. The first kappa shape index (κ1) is 32.1. The third kappa shape index (κ3) is 8.83. The molecule has 0 saturated heterocycles. The molecular formula is CuIrOsRu. The summed E-state index contributed by atoms with van der Waals surface area (Å²) in [5, 5.41) is 0. The zero-order valence-electron chi connectivity index (χ0n) is 1.34. The first-order valence-electron chi connectivity index (χ1n) is 0. The molecule has 0 bridgehead atoms. The number of hydrogen-bond donors (Lipinski definition) is 0. The Bertz CT molecular complexity index is 8.00. The number of hydrogen-bond acceptors (Lipinski definition) is 0. The Labute approximate surface area is 75.5 Å². The fourth-order valence-electron chi connectivity index (χ4n) is 0. The second-order valence-corrected chi connectivity index (χ2v) is 0. The van der Waals surface area contributed by atoms with Crippen LogP contribution < -0.4 is 0 Å². The van der Waals surface area contributed by atoms with Gasteiger partial charge < -0.3 is 0 Å². The Balaban J connectivity index is 0. The molecule has 2 radical (unpaired) electrons. The van der Waals surface area contributed by atoms with Crippen LogP contribution in [0.5, 0.6) is 0 Å². The van der Waals surface area contributed by atoms with Gasteiger partial charge in [-0.15, -0.1) is 0 Å². The molecule has 0 aromatic heterocycles. The topological polar surface area (TPSA) is 0 Å². The van der Waals surface area contributed by atoms with Crippen molar-refractivity contribution in [1.29, 1.82) is 0 Å². The minimum atomic E-state index is 0. The molecule has 0 fully saturated rings. The predicted octanol–water partition coefficient (Wildman–Crippen LogP) is -0.0100. The molecule has 0 aliphatic carbocycles. The summed E-state index contributed by atoms with van der Waals surface area (Å²) >= 11 is 0. The number of rotatable bonds is 0. The van der Waals surface area contributed by atoms with E-state index in [4.69, 9.17) is 0 Å². The van der Waals surface area contributed by atoms with Crippen LogP contribution in [0.3, 0.4) is 0 Å². The van der Waals surface area contributed by atoms with Crippen molar-refractivity contribution >= 4 is 0 Å². The average molecular weight is 547 g/mol. The van der Waals surface area contributed by atoms with Crippen molar-refractivity contribution in [3.05, 3.63) is 0 Å². The van der Waals surface area contributed by atoms with E-state index >= 15 is 0 Å². The van der Waals surface area contributed by atoms with E-state index in [0.29, 0.717) is 0 Å². The maximum Gasteiger partial charge on any atom is 0 e. The third-order valence-electron chi connectivity index (χ3n) is 0. The van der Waals surface area contributed by atoms with E-state index < -0.39 is 0 Å². The summed E-state index contributed by atoms with van der Waals surface area (Å²) in [4.78, 5) is 0. The van der Waals surface area contributed by atoms with Gasteiger partial charge in [0.05, 0.1) is 0 Å². The van der Waals surface area contributed by atoms with Gasteiger partial charge in [0.25, 0.3) is 0 Å². The molecule has 0 nitrogen and oxygen atoms in total. The van der Waals surface area contributed by atoms with E-state index in [2.05, 4.69) is 0 Å². The van der Waals surface area contributed by atoms with Gasteiger partial charge in [0.15, 0.2) is 0 Å². The Morgan fingerprint density at radius 2 is 1.00 bits per heavy atom. The normalized spacial score (nSPS) is 0. The third-order valence-corrected chi connectivity index (χ3v) is 0. The molecule has 0 aliphatic rings. The van der Waals surface area contributed by atoms with Gasteiger partial charge in [0.1, 0.15) is 0 Å². The summed E-state index contributed by atoms with van der Waals surface area (Å²) < 4.78 is 0. The van der Waals surface area contributed by atoms with Gasteiger partial charge in [-0.3, -0.25) is 0 Å². The van der Waals surface area contributed by atoms with E-state index in [-0.39, 0.29) is 76.4 Å². The Kier molecular flexibility index (Phi) is 145. The molecule has 0 saturated carbocycles. The van der Waals surface area contributed by atoms with Gasteiger partial charge in [-0.2, -0.15) is 0 Å². The summed E-state index contributed by atoms with van der Waals surface area (Å²) in [7, 11) is 0. The van der Waals surface area contributed by atoms with Crippen LogP contribution in [0.25, 0.3) is 0 Å². The van der Waals surface area contributed by atoms with Crippen LogP contribution in [-0.4, -0.2) is 0 Å². The summed E-state index contributed by atoms with van der Waals surface area (Å²) in [6.45, 7) is 0. The Hall–Kier alpha value is 2.43. The van der Waals surface area contributed by atoms with Crippen LogP contribution in [0.4, 0.5) is 0 Å². The molecule has 0 N–H and O–H groups in total. The van der Waals surface area contributed by atoms with Crippen LogP contribution in [0.1, 0.15) is 0 Å². The van der Waals surface area contributed by atoms with Gasteiger partial charge in [-0.1, -0.05) is 0 Å². The quantitative estimate of drug-likeness (QED) is 0.375. The Morgan fingerprint density at radius 1 is 1.00 bits per heavy atom. The first-order chi connectivity index (χ1) is 0. The SMILES string of the molecule is [Cu].[Ir].[Os].[Ru]. The smallest absolute Gasteiger partial charge is 0 e. The molecule has 0 aromatic rings. The molecule has 0 aliphatic heterocycles. The van der Waals surface area contributed by atoms with Crippen molar-refractivity contribution < 1.29 is 76.4 Å². The van der Waals surface area contributed by atoms with Crippen LogP contribution in [0.2, 0.25) is 0 Å². The van der Waals surface area contributed by atoms with Gasteiger partial charge in [-0.05, 0) is 0 Å². The second-order valence-electron chi connectivity index (χ2n) is 0. The van der Waals surface area contributed by atoms with Gasteiger partial charge in [0, 0.05) is 76.4 Å². The summed E-state index contributed by atoms with van der Waals surface area (Å²) in [6.07, 6.45) is 0. The van der Waals surface area contributed by atoms with Crippen molar-refractivity contribution in [2.24, 2.45) is 0 Å². The largest absolute Gasteiger partial charge is 0 e. The zero-order chi connectivity index (χ0) is 0. The van der Waals surface area contributed by atoms with E-state index in [1.54, 1.807) is 0 Å². The summed E-state index contributed by atoms with van der Waals surface area (Å²) in [5.41, 5.74) is 0. The van der Waals surface area contributed by atoms with Crippen LogP contribution >= 0.6 is 0 Å². The van der Waals surface area contributed by atoms with Gasteiger partial charge >= 0.3 is 0 Å². The minimum Gasteiger partial charge on any atom is 0 e. The van der Waals surface area contributed by atoms with E-state index in [1.165, 1.54) is 0 Å². The molecule has 0 heterocycles. The maximum absolute atomic E-state index is 0. The van der Waals surface area contributed by atoms with Crippen molar-refractivity contribution in [2.75, 3.05) is 0 Å². The summed E-state index contributed by atoms with van der Waals surface area (Å²) in [5.74, 6) is 0.